The molecule has 8 heteroatoms. The highest BCUT2D eigenvalue weighted by Gasteiger charge is 2.39. The second-order valence-electron chi connectivity index (χ2n) is 10.5. The van der Waals surface area contributed by atoms with Gasteiger partial charge in [0.1, 0.15) is 5.75 Å². The summed E-state index contributed by atoms with van der Waals surface area (Å²) >= 11 is 6.06. The van der Waals surface area contributed by atoms with E-state index in [1.807, 2.05) is 36.4 Å². The number of carbonyl (C=O) groups excluding carboxylic acids is 1. The first kappa shape index (κ1) is 26.0. The second kappa shape index (κ2) is 10.5. The van der Waals surface area contributed by atoms with Gasteiger partial charge in [-0.2, -0.15) is 0 Å². The summed E-state index contributed by atoms with van der Waals surface area (Å²) in [5, 5.41) is 3.56. The minimum atomic E-state index is -3.10. The van der Waals surface area contributed by atoms with Crippen molar-refractivity contribution in [1.82, 2.24) is 5.32 Å². The lowest BCUT2D eigenvalue weighted by Gasteiger charge is -2.39. The Bertz CT molecular complexity index is 1150. The highest BCUT2D eigenvalue weighted by atomic mass is 35.5. The van der Waals surface area contributed by atoms with E-state index in [0.717, 1.165) is 17.0 Å². The molecule has 2 fully saturated rings. The Kier molecular flexibility index (Phi) is 7.79. The van der Waals surface area contributed by atoms with Crippen LogP contribution in [0.2, 0.25) is 5.02 Å². The number of hydrogen-bond acceptors (Lipinski definition) is 5. The minimum Gasteiger partial charge on any atom is -0.484 e. The van der Waals surface area contributed by atoms with Crippen LogP contribution in [0.1, 0.15) is 56.8 Å². The fourth-order valence-electron chi connectivity index (χ4n) is 5.21. The maximum absolute atomic E-state index is 12.4. The van der Waals surface area contributed by atoms with Crippen molar-refractivity contribution in [1.29, 1.82) is 0 Å². The van der Waals surface area contributed by atoms with Crippen molar-refractivity contribution in [2.24, 2.45) is 11.8 Å². The van der Waals surface area contributed by atoms with Crippen LogP contribution < -0.4 is 10.1 Å². The number of carbonyl (C=O) groups is 1. The van der Waals surface area contributed by atoms with Gasteiger partial charge in [-0.05, 0) is 67.0 Å². The normalized spacial score (nSPS) is 28.1. The number of nitrogens with one attached hydrogen (secondary N) is 1. The summed E-state index contributed by atoms with van der Waals surface area (Å²) in [5.74, 6) is 1.40. The Balaban J connectivity index is 1.39. The third kappa shape index (κ3) is 6.57. The monoisotopic (exact) mass is 519 g/mol. The van der Waals surface area contributed by atoms with Gasteiger partial charge in [-0.1, -0.05) is 49.7 Å². The van der Waals surface area contributed by atoms with Crippen LogP contribution in [0.3, 0.4) is 0 Å². The fourth-order valence-corrected chi connectivity index (χ4v) is 7.43. The maximum atomic E-state index is 12.4. The number of ether oxygens (including phenoxy) is 2. The smallest absolute Gasteiger partial charge is 0.258 e. The number of rotatable bonds is 7. The van der Waals surface area contributed by atoms with Crippen LogP contribution in [0.5, 0.6) is 5.75 Å². The molecule has 0 bridgehead atoms. The molecule has 0 saturated carbocycles. The van der Waals surface area contributed by atoms with Crippen molar-refractivity contribution in [3.8, 4) is 5.75 Å². The Morgan fingerprint density at radius 1 is 1.20 bits per heavy atom. The molecule has 1 amide bonds. The van der Waals surface area contributed by atoms with Crippen LogP contribution >= 0.6 is 11.6 Å². The van der Waals surface area contributed by atoms with Crippen LogP contribution in [0.25, 0.3) is 0 Å². The van der Waals surface area contributed by atoms with Crippen LogP contribution in [-0.4, -0.2) is 44.6 Å². The van der Waals surface area contributed by atoms with E-state index >= 15 is 0 Å². The third-order valence-electron chi connectivity index (χ3n) is 7.12. The van der Waals surface area contributed by atoms with Crippen LogP contribution in [0.15, 0.2) is 48.5 Å². The van der Waals surface area contributed by atoms with E-state index in [1.165, 1.54) is 5.56 Å². The summed E-state index contributed by atoms with van der Waals surface area (Å²) in [4.78, 5) is 12.4. The predicted octanol–water partition coefficient (Wildman–Crippen LogP) is 4.93. The SMILES string of the molecule is CC(C)[C@@H]1C[C@H](c2ccc(Cl)cc2)CO[C@H]1c1cccc(OCC(=O)N[C@]2(C)CCS(=O)(=O)C2)c1. The molecule has 2 aromatic carbocycles. The molecule has 0 aliphatic carbocycles. The van der Waals surface area contributed by atoms with Crippen LogP contribution in [0, 0.1) is 11.8 Å². The molecule has 2 saturated heterocycles. The zero-order chi connectivity index (χ0) is 25.2. The van der Waals surface area contributed by atoms with Gasteiger partial charge in [-0.3, -0.25) is 4.79 Å². The van der Waals surface area contributed by atoms with Gasteiger partial charge in [0.15, 0.2) is 16.4 Å². The van der Waals surface area contributed by atoms with E-state index < -0.39 is 15.4 Å². The third-order valence-corrected chi connectivity index (χ3v) is 9.28. The highest BCUT2D eigenvalue weighted by molar-refractivity contribution is 7.91. The summed E-state index contributed by atoms with van der Waals surface area (Å²) in [7, 11) is -3.10. The number of sulfone groups is 1. The van der Waals surface area contributed by atoms with E-state index in [-0.39, 0.29) is 30.1 Å². The van der Waals surface area contributed by atoms with Gasteiger partial charge in [-0.25, -0.2) is 8.42 Å². The Labute approximate surface area is 213 Å². The maximum Gasteiger partial charge on any atom is 0.258 e. The molecule has 2 aliphatic rings. The molecular formula is C27H34ClNO5S. The Morgan fingerprint density at radius 2 is 1.94 bits per heavy atom. The van der Waals surface area contributed by atoms with Crippen LogP contribution in [0.4, 0.5) is 0 Å². The van der Waals surface area contributed by atoms with Gasteiger partial charge in [0.2, 0.25) is 0 Å². The summed E-state index contributed by atoms with van der Waals surface area (Å²) in [5.41, 5.74) is 1.54. The van der Waals surface area contributed by atoms with Gasteiger partial charge >= 0.3 is 0 Å². The highest BCUT2D eigenvalue weighted by Crippen LogP contribution is 2.44. The molecule has 190 valence electrons. The molecule has 1 N–H and O–H groups in total. The number of hydrogen-bond donors (Lipinski definition) is 1. The summed E-state index contributed by atoms with van der Waals surface area (Å²) < 4.78 is 35.8. The largest absolute Gasteiger partial charge is 0.484 e. The Morgan fingerprint density at radius 3 is 2.60 bits per heavy atom. The van der Waals surface area contributed by atoms with Gasteiger partial charge in [-0.15, -0.1) is 0 Å². The number of amides is 1. The topological polar surface area (TPSA) is 81.7 Å². The van der Waals surface area contributed by atoms with Gasteiger partial charge in [0.05, 0.1) is 29.8 Å². The number of benzene rings is 2. The lowest BCUT2D eigenvalue weighted by molar-refractivity contribution is -0.124. The zero-order valence-electron chi connectivity index (χ0n) is 20.5. The van der Waals surface area contributed by atoms with E-state index in [9.17, 15) is 13.2 Å². The van der Waals surface area contributed by atoms with Crippen molar-refractivity contribution in [3.63, 3.8) is 0 Å². The fraction of sp³-hybridized carbons (Fsp3) is 0.519. The van der Waals surface area contributed by atoms with E-state index in [0.29, 0.717) is 36.5 Å². The van der Waals surface area contributed by atoms with Crippen molar-refractivity contribution in [2.45, 2.75) is 51.2 Å². The lowest BCUT2D eigenvalue weighted by Crippen LogP contribution is -2.48. The van der Waals surface area contributed by atoms with E-state index in [2.05, 4.69) is 31.3 Å². The van der Waals surface area contributed by atoms with Crippen molar-refractivity contribution < 1.29 is 22.7 Å². The molecular weight excluding hydrogens is 486 g/mol. The first-order valence-corrected chi connectivity index (χ1v) is 14.3. The Hall–Kier alpha value is -2.09. The molecule has 2 aliphatic heterocycles. The minimum absolute atomic E-state index is 0.0339. The van der Waals surface area contributed by atoms with E-state index in [4.69, 9.17) is 21.1 Å². The van der Waals surface area contributed by atoms with Crippen LogP contribution in [-0.2, 0) is 19.4 Å². The predicted molar refractivity (Wildman–Crippen MR) is 138 cm³/mol. The average molecular weight is 520 g/mol. The lowest BCUT2D eigenvalue weighted by atomic mass is 9.76. The quantitative estimate of drug-likeness (QED) is 0.561. The first-order chi connectivity index (χ1) is 16.5. The van der Waals surface area contributed by atoms with E-state index in [1.54, 1.807) is 6.92 Å². The second-order valence-corrected chi connectivity index (χ2v) is 13.1. The average Bonchev–Trinajstić information content (AvgIpc) is 3.10. The molecule has 35 heavy (non-hydrogen) atoms. The molecule has 4 atom stereocenters. The zero-order valence-corrected chi connectivity index (χ0v) is 22.1. The molecule has 0 aromatic heterocycles. The molecule has 2 heterocycles. The van der Waals surface area contributed by atoms with Gasteiger partial charge < -0.3 is 14.8 Å². The van der Waals surface area contributed by atoms with Gasteiger partial charge in [0, 0.05) is 10.9 Å². The molecule has 4 rings (SSSR count). The molecule has 0 unspecified atom stereocenters. The molecule has 0 spiro atoms. The van der Waals surface area contributed by atoms with Crippen molar-refractivity contribution in [2.75, 3.05) is 24.7 Å². The summed E-state index contributed by atoms with van der Waals surface area (Å²) in [6.45, 7) is 6.67. The molecule has 6 nitrogen and oxygen atoms in total. The first-order valence-electron chi connectivity index (χ1n) is 12.1. The van der Waals surface area contributed by atoms with Crippen molar-refractivity contribution in [3.05, 3.63) is 64.7 Å². The van der Waals surface area contributed by atoms with Crippen molar-refractivity contribution >= 4 is 27.3 Å². The standard InChI is InChI=1S/C27H34ClNO5S/c1-18(2)24-14-21(19-7-9-22(28)10-8-19)15-34-26(24)20-5-4-6-23(13-20)33-16-25(30)29-27(3)11-12-35(31,32)17-27/h4-10,13,18,21,24,26H,11-12,14-17H2,1-3H3,(H,29,30)/t21-,24-,26-,27+/m0/s1. The molecule has 0 radical (unpaired) electrons. The molecule has 2 aromatic rings. The summed E-state index contributed by atoms with van der Waals surface area (Å²) in [6, 6.07) is 15.7. The summed E-state index contributed by atoms with van der Waals surface area (Å²) in [6.07, 6.45) is 1.38. The number of halogens is 1. The van der Waals surface area contributed by atoms with Gasteiger partial charge in [0.25, 0.3) is 5.91 Å².